The van der Waals surface area contributed by atoms with E-state index in [4.69, 9.17) is 10.5 Å². The third-order valence-corrected chi connectivity index (χ3v) is 3.14. The molecule has 18 heavy (non-hydrogen) atoms. The summed E-state index contributed by atoms with van der Waals surface area (Å²) in [6.45, 7) is 3.19. The molecule has 1 fully saturated rings. The van der Waals surface area contributed by atoms with Crippen molar-refractivity contribution < 1.29 is 9.53 Å². The van der Waals surface area contributed by atoms with Gasteiger partial charge in [-0.2, -0.15) is 0 Å². The van der Waals surface area contributed by atoms with Crippen LogP contribution in [0, 0.1) is 0 Å². The second-order valence-electron chi connectivity index (χ2n) is 4.55. The minimum absolute atomic E-state index is 0.175. The normalized spacial score (nSPS) is 14.3. The fraction of sp³-hybridized carbons (Fsp3) is 0.500. The van der Waals surface area contributed by atoms with Crippen molar-refractivity contribution >= 4 is 11.6 Å². The predicted molar refractivity (Wildman–Crippen MR) is 71.4 cm³/mol. The number of carbonyl (C=O) groups excluding carboxylic acids is 1. The van der Waals surface area contributed by atoms with Crippen LogP contribution in [0.15, 0.2) is 24.3 Å². The maximum Gasteiger partial charge on any atom is 0.226 e. The van der Waals surface area contributed by atoms with Crippen LogP contribution in [-0.2, 0) is 4.79 Å². The summed E-state index contributed by atoms with van der Waals surface area (Å²) in [4.78, 5) is 13.9. The van der Waals surface area contributed by atoms with Crippen molar-refractivity contribution in [1.82, 2.24) is 4.90 Å². The number of carbonyl (C=O) groups is 1. The highest BCUT2D eigenvalue weighted by molar-refractivity contribution is 5.77. The van der Waals surface area contributed by atoms with Crippen LogP contribution in [0.3, 0.4) is 0 Å². The summed E-state index contributed by atoms with van der Waals surface area (Å²) >= 11 is 0. The van der Waals surface area contributed by atoms with Gasteiger partial charge in [-0.1, -0.05) is 12.1 Å². The van der Waals surface area contributed by atoms with Crippen LogP contribution >= 0.6 is 0 Å². The first-order chi connectivity index (χ1) is 8.72. The molecular weight excluding hydrogens is 228 g/mol. The molecule has 0 radical (unpaired) electrons. The standard InChI is InChI=1S/C14H20N2O2/c1-2-16(11-7-8-11)14(17)9-10-18-13-6-4-3-5-12(13)15/h3-6,11H,2,7-10,15H2,1H3. The lowest BCUT2D eigenvalue weighted by Gasteiger charge is -2.20. The number of amides is 1. The summed E-state index contributed by atoms with van der Waals surface area (Å²) in [5.74, 6) is 0.828. The van der Waals surface area contributed by atoms with Crippen molar-refractivity contribution in [2.24, 2.45) is 0 Å². The minimum Gasteiger partial charge on any atom is -0.491 e. The van der Waals surface area contributed by atoms with Crippen LogP contribution in [0.25, 0.3) is 0 Å². The van der Waals surface area contributed by atoms with Crippen molar-refractivity contribution in [3.8, 4) is 5.75 Å². The third kappa shape index (κ3) is 3.15. The smallest absolute Gasteiger partial charge is 0.226 e. The molecule has 1 aromatic carbocycles. The maximum absolute atomic E-state index is 11.9. The number of hydrogen-bond acceptors (Lipinski definition) is 3. The third-order valence-electron chi connectivity index (χ3n) is 3.14. The van der Waals surface area contributed by atoms with Gasteiger partial charge in [-0.25, -0.2) is 0 Å². The molecule has 0 saturated heterocycles. The number of rotatable bonds is 6. The van der Waals surface area contributed by atoms with E-state index >= 15 is 0 Å². The SMILES string of the molecule is CCN(C(=O)CCOc1ccccc1N)C1CC1. The van der Waals surface area contributed by atoms with Crippen LogP contribution in [0.1, 0.15) is 26.2 Å². The number of hydrogen-bond donors (Lipinski definition) is 1. The quantitative estimate of drug-likeness (QED) is 0.784. The molecule has 1 aliphatic rings. The first-order valence-electron chi connectivity index (χ1n) is 6.49. The van der Waals surface area contributed by atoms with Gasteiger partial charge in [0.15, 0.2) is 0 Å². The van der Waals surface area contributed by atoms with Crippen molar-refractivity contribution in [3.63, 3.8) is 0 Å². The molecule has 98 valence electrons. The van der Waals surface area contributed by atoms with Crippen LogP contribution in [0.2, 0.25) is 0 Å². The number of para-hydroxylation sites is 2. The summed E-state index contributed by atoms with van der Waals surface area (Å²) in [6, 6.07) is 7.82. The first-order valence-corrected chi connectivity index (χ1v) is 6.49. The molecule has 0 atom stereocenters. The zero-order valence-corrected chi connectivity index (χ0v) is 10.8. The van der Waals surface area contributed by atoms with Crippen molar-refractivity contribution in [1.29, 1.82) is 0 Å². The van der Waals surface area contributed by atoms with E-state index in [9.17, 15) is 4.79 Å². The number of benzene rings is 1. The second kappa shape index (κ2) is 5.76. The van der Waals surface area contributed by atoms with Gasteiger partial charge in [-0.3, -0.25) is 4.79 Å². The largest absolute Gasteiger partial charge is 0.491 e. The number of nitrogen functional groups attached to an aromatic ring is 1. The lowest BCUT2D eigenvalue weighted by molar-refractivity contribution is -0.132. The minimum atomic E-state index is 0.175. The lowest BCUT2D eigenvalue weighted by atomic mass is 10.3. The second-order valence-corrected chi connectivity index (χ2v) is 4.55. The monoisotopic (exact) mass is 248 g/mol. The molecule has 4 heteroatoms. The fourth-order valence-corrected chi connectivity index (χ4v) is 2.03. The first kappa shape index (κ1) is 12.7. The summed E-state index contributed by atoms with van der Waals surface area (Å²) in [6.07, 6.45) is 2.71. The molecule has 1 saturated carbocycles. The van der Waals surface area contributed by atoms with Crippen molar-refractivity contribution in [2.45, 2.75) is 32.2 Å². The van der Waals surface area contributed by atoms with E-state index in [0.717, 1.165) is 19.4 Å². The highest BCUT2D eigenvalue weighted by Crippen LogP contribution is 2.27. The zero-order chi connectivity index (χ0) is 13.0. The molecule has 0 bridgehead atoms. The van der Waals surface area contributed by atoms with Crippen LogP contribution in [0.5, 0.6) is 5.75 Å². The average molecular weight is 248 g/mol. The van der Waals surface area contributed by atoms with Gasteiger partial charge in [-0.05, 0) is 31.9 Å². The summed E-state index contributed by atoms with van der Waals surface area (Å²) in [5.41, 5.74) is 6.37. The number of ether oxygens (including phenoxy) is 1. The van der Waals surface area contributed by atoms with Gasteiger partial charge in [0.2, 0.25) is 5.91 Å². The lowest BCUT2D eigenvalue weighted by Crippen LogP contribution is -2.33. The Morgan fingerprint density at radius 2 is 2.17 bits per heavy atom. The Balaban J connectivity index is 1.78. The molecule has 0 heterocycles. The molecule has 2 N–H and O–H groups in total. The molecule has 4 nitrogen and oxygen atoms in total. The Morgan fingerprint density at radius 1 is 1.44 bits per heavy atom. The van der Waals surface area contributed by atoms with Crippen LogP contribution in [-0.4, -0.2) is 30.0 Å². The van der Waals surface area contributed by atoms with Gasteiger partial charge in [-0.15, -0.1) is 0 Å². The molecule has 1 amide bonds. The highest BCUT2D eigenvalue weighted by Gasteiger charge is 2.30. The summed E-state index contributed by atoms with van der Waals surface area (Å²) in [7, 11) is 0. The van der Waals surface area contributed by atoms with E-state index in [2.05, 4.69) is 0 Å². The van der Waals surface area contributed by atoms with E-state index in [1.165, 1.54) is 0 Å². The highest BCUT2D eigenvalue weighted by atomic mass is 16.5. The van der Waals surface area contributed by atoms with E-state index in [1.54, 1.807) is 6.07 Å². The van der Waals surface area contributed by atoms with E-state index in [-0.39, 0.29) is 5.91 Å². The van der Waals surface area contributed by atoms with Gasteiger partial charge in [0, 0.05) is 12.6 Å². The topological polar surface area (TPSA) is 55.6 Å². The Morgan fingerprint density at radius 3 is 2.78 bits per heavy atom. The molecule has 0 unspecified atom stereocenters. The molecule has 2 rings (SSSR count). The summed E-state index contributed by atoms with van der Waals surface area (Å²) in [5, 5.41) is 0. The van der Waals surface area contributed by atoms with Gasteiger partial charge in [0.25, 0.3) is 0 Å². The molecule has 1 aliphatic carbocycles. The zero-order valence-electron chi connectivity index (χ0n) is 10.8. The van der Waals surface area contributed by atoms with Gasteiger partial charge < -0.3 is 15.4 Å². The molecule has 1 aromatic rings. The van der Waals surface area contributed by atoms with Crippen LogP contribution < -0.4 is 10.5 Å². The number of nitrogens with zero attached hydrogens (tertiary/aromatic N) is 1. The Labute approximate surface area is 108 Å². The number of nitrogens with two attached hydrogens (primary N) is 1. The van der Waals surface area contributed by atoms with Gasteiger partial charge in [0.05, 0.1) is 18.7 Å². The van der Waals surface area contributed by atoms with Crippen molar-refractivity contribution in [2.75, 3.05) is 18.9 Å². The van der Waals surface area contributed by atoms with Crippen molar-refractivity contribution in [3.05, 3.63) is 24.3 Å². The Kier molecular flexibility index (Phi) is 4.07. The maximum atomic E-state index is 11.9. The molecule has 0 aromatic heterocycles. The Hall–Kier alpha value is -1.71. The van der Waals surface area contributed by atoms with Crippen LogP contribution in [0.4, 0.5) is 5.69 Å². The van der Waals surface area contributed by atoms with Gasteiger partial charge >= 0.3 is 0 Å². The fourth-order valence-electron chi connectivity index (χ4n) is 2.03. The Bertz CT molecular complexity index is 416. The molecule has 0 aliphatic heterocycles. The van der Waals surface area contributed by atoms with E-state index < -0.39 is 0 Å². The summed E-state index contributed by atoms with van der Waals surface area (Å²) < 4.78 is 5.53. The predicted octanol–water partition coefficient (Wildman–Crippen LogP) is 2.05. The average Bonchev–Trinajstić information content (AvgIpc) is 3.17. The molecule has 0 spiro atoms. The molecular formula is C14H20N2O2. The van der Waals surface area contributed by atoms with E-state index in [1.807, 2.05) is 30.0 Å². The van der Waals surface area contributed by atoms with Gasteiger partial charge in [0.1, 0.15) is 5.75 Å². The number of anilines is 1. The van der Waals surface area contributed by atoms with E-state index in [0.29, 0.717) is 30.5 Å².